The molecule has 0 saturated carbocycles. The summed E-state index contributed by atoms with van der Waals surface area (Å²) in [5.41, 5.74) is 1.80. The molecular formula is C14H8BrN3O2. The van der Waals surface area contributed by atoms with Gasteiger partial charge in [-0.1, -0.05) is 12.1 Å². The molecule has 2 N–H and O–H groups in total. The zero-order valence-corrected chi connectivity index (χ0v) is 11.7. The molecule has 0 amide bonds. The normalized spacial score (nSPS) is 10.4. The maximum absolute atomic E-state index is 9.80. The summed E-state index contributed by atoms with van der Waals surface area (Å²) in [6, 6.07) is 12.6. The van der Waals surface area contributed by atoms with Crippen LogP contribution < -0.4 is 5.32 Å². The highest BCUT2D eigenvalue weighted by Gasteiger charge is 2.12. The van der Waals surface area contributed by atoms with E-state index in [2.05, 4.69) is 26.2 Å². The van der Waals surface area contributed by atoms with Gasteiger partial charge in [-0.2, -0.15) is 10.2 Å². The van der Waals surface area contributed by atoms with Crippen LogP contribution in [0.1, 0.15) is 5.56 Å². The second kappa shape index (κ2) is 4.87. The molecule has 2 aromatic carbocycles. The van der Waals surface area contributed by atoms with Crippen LogP contribution in [0.5, 0.6) is 5.75 Å². The van der Waals surface area contributed by atoms with Crippen molar-refractivity contribution in [2.24, 2.45) is 0 Å². The topological polar surface area (TPSA) is 82.1 Å². The number of anilines is 2. The number of rotatable bonds is 2. The minimum Gasteiger partial charge on any atom is -0.504 e. The van der Waals surface area contributed by atoms with Gasteiger partial charge in [0.1, 0.15) is 5.52 Å². The lowest BCUT2D eigenvalue weighted by molar-refractivity contribution is 0.466. The summed E-state index contributed by atoms with van der Waals surface area (Å²) in [6.45, 7) is 0. The van der Waals surface area contributed by atoms with Crippen LogP contribution in [0, 0.1) is 11.3 Å². The molecule has 1 heterocycles. The molecule has 20 heavy (non-hydrogen) atoms. The van der Waals surface area contributed by atoms with Crippen molar-refractivity contribution in [2.45, 2.75) is 0 Å². The third-order valence-electron chi connectivity index (χ3n) is 2.72. The third-order valence-corrected chi connectivity index (χ3v) is 3.41. The number of fused-ring (bicyclic) bond motifs is 1. The van der Waals surface area contributed by atoms with Crippen LogP contribution in [0.25, 0.3) is 11.1 Å². The minimum absolute atomic E-state index is 0.105. The minimum atomic E-state index is -0.105. The van der Waals surface area contributed by atoms with E-state index in [1.165, 1.54) is 6.07 Å². The lowest BCUT2D eigenvalue weighted by atomic mass is 10.2. The summed E-state index contributed by atoms with van der Waals surface area (Å²) in [7, 11) is 0. The van der Waals surface area contributed by atoms with Gasteiger partial charge < -0.3 is 14.8 Å². The quantitative estimate of drug-likeness (QED) is 0.744. The lowest BCUT2D eigenvalue weighted by Crippen LogP contribution is -1.90. The summed E-state index contributed by atoms with van der Waals surface area (Å²) in [6.07, 6.45) is 0. The first-order valence-corrected chi connectivity index (χ1v) is 6.52. The molecule has 0 radical (unpaired) electrons. The highest BCUT2D eigenvalue weighted by Crippen LogP contribution is 2.31. The van der Waals surface area contributed by atoms with Crippen molar-refractivity contribution >= 4 is 38.7 Å². The number of halogens is 1. The van der Waals surface area contributed by atoms with Crippen molar-refractivity contribution < 1.29 is 9.52 Å². The molecule has 0 saturated heterocycles. The Hall–Kier alpha value is -2.52. The van der Waals surface area contributed by atoms with Gasteiger partial charge >= 0.3 is 0 Å². The Labute approximate surface area is 122 Å². The number of phenolic OH excluding ortho intramolecular Hbond substituents is 1. The van der Waals surface area contributed by atoms with E-state index in [4.69, 9.17) is 9.68 Å². The van der Waals surface area contributed by atoms with Gasteiger partial charge in [0.05, 0.1) is 17.3 Å². The number of hydrogen-bond acceptors (Lipinski definition) is 5. The second-order valence-corrected chi connectivity index (χ2v) is 4.93. The van der Waals surface area contributed by atoms with E-state index in [1.54, 1.807) is 6.07 Å². The number of para-hydroxylation sites is 1. The number of benzene rings is 2. The lowest BCUT2D eigenvalue weighted by Gasteiger charge is -2.02. The average molecular weight is 330 g/mol. The Kier molecular flexibility index (Phi) is 3.05. The van der Waals surface area contributed by atoms with Crippen molar-refractivity contribution in [3.8, 4) is 11.8 Å². The molecule has 0 atom stereocenters. The standard InChI is InChI=1S/C14H8BrN3O2/c15-9-3-1-2-4-10(9)17-14-18-11-5-8(7-16)6-12(19)13(11)20-14/h1-6,19H,(H,17,18). The van der Waals surface area contributed by atoms with Crippen LogP contribution in [0.2, 0.25) is 0 Å². The first kappa shape index (κ1) is 12.5. The van der Waals surface area contributed by atoms with Crippen molar-refractivity contribution in [3.05, 3.63) is 46.4 Å². The maximum atomic E-state index is 9.80. The number of nitriles is 1. The average Bonchev–Trinajstić information content (AvgIpc) is 2.84. The number of aromatic nitrogens is 1. The van der Waals surface area contributed by atoms with Crippen molar-refractivity contribution in [1.82, 2.24) is 4.98 Å². The molecule has 0 unspecified atom stereocenters. The van der Waals surface area contributed by atoms with E-state index < -0.39 is 0 Å². The molecule has 0 aliphatic heterocycles. The highest BCUT2D eigenvalue weighted by molar-refractivity contribution is 9.10. The molecule has 5 nitrogen and oxygen atoms in total. The number of oxazole rings is 1. The van der Waals surface area contributed by atoms with Crippen LogP contribution in [-0.4, -0.2) is 10.1 Å². The monoisotopic (exact) mass is 329 g/mol. The summed E-state index contributed by atoms with van der Waals surface area (Å²) >= 11 is 3.41. The smallest absolute Gasteiger partial charge is 0.300 e. The van der Waals surface area contributed by atoms with Gasteiger partial charge in [-0.3, -0.25) is 0 Å². The first-order chi connectivity index (χ1) is 9.67. The molecule has 0 bridgehead atoms. The maximum Gasteiger partial charge on any atom is 0.300 e. The van der Waals surface area contributed by atoms with Crippen LogP contribution in [0.4, 0.5) is 11.7 Å². The van der Waals surface area contributed by atoms with E-state index in [-0.39, 0.29) is 17.3 Å². The molecule has 0 aliphatic rings. The molecule has 0 aliphatic carbocycles. The molecule has 1 aromatic heterocycles. The van der Waals surface area contributed by atoms with E-state index >= 15 is 0 Å². The van der Waals surface area contributed by atoms with Crippen LogP contribution in [0.3, 0.4) is 0 Å². The molecule has 6 heteroatoms. The predicted molar refractivity (Wildman–Crippen MR) is 77.8 cm³/mol. The van der Waals surface area contributed by atoms with Gasteiger partial charge in [-0.05, 0) is 34.1 Å². The summed E-state index contributed by atoms with van der Waals surface area (Å²) in [5, 5.41) is 21.7. The van der Waals surface area contributed by atoms with Gasteiger partial charge in [0, 0.05) is 10.5 Å². The Morgan fingerprint density at radius 1 is 1.30 bits per heavy atom. The first-order valence-electron chi connectivity index (χ1n) is 5.72. The van der Waals surface area contributed by atoms with Gasteiger partial charge in [-0.25, -0.2) is 0 Å². The summed E-state index contributed by atoms with van der Waals surface area (Å²) < 4.78 is 6.32. The highest BCUT2D eigenvalue weighted by atomic mass is 79.9. The number of phenols is 1. The van der Waals surface area contributed by atoms with E-state index in [1.807, 2.05) is 30.3 Å². The number of aromatic hydroxyl groups is 1. The molecule has 3 rings (SSSR count). The van der Waals surface area contributed by atoms with Crippen molar-refractivity contribution in [1.29, 1.82) is 5.26 Å². The molecule has 98 valence electrons. The Morgan fingerprint density at radius 2 is 2.10 bits per heavy atom. The summed E-state index contributed by atoms with van der Waals surface area (Å²) in [5.74, 6) is -0.105. The third kappa shape index (κ3) is 2.19. The Morgan fingerprint density at radius 3 is 2.85 bits per heavy atom. The fourth-order valence-corrected chi connectivity index (χ4v) is 2.19. The van der Waals surface area contributed by atoms with Gasteiger partial charge in [0.15, 0.2) is 11.3 Å². The summed E-state index contributed by atoms with van der Waals surface area (Å²) in [4.78, 5) is 4.21. The van der Waals surface area contributed by atoms with Crippen LogP contribution in [0.15, 0.2) is 45.3 Å². The molecule has 0 spiro atoms. The zero-order valence-electron chi connectivity index (χ0n) is 10.1. The number of nitrogens with zero attached hydrogens (tertiary/aromatic N) is 2. The fourth-order valence-electron chi connectivity index (χ4n) is 1.81. The molecular weight excluding hydrogens is 322 g/mol. The zero-order chi connectivity index (χ0) is 14.1. The Bertz CT molecular complexity index is 836. The second-order valence-electron chi connectivity index (χ2n) is 4.08. The van der Waals surface area contributed by atoms with Crippen LogP contribution in [-0.2, 0) is 0 Å². The largest absolute Gasteiger partial charge is 0.504 e. The van der Waals surface area contributed by atoms with E-state index in [0.717, 1.165) is 10.2 Å². The van der Waals surface area contributed by atoms with E-state index in [0.29, 0.717) is 11.1 Å². The fraction of sp³-hybridized carbons (Fsp3) is 0. The molecule has 3 aromatic rings. The van der Waals surface area contributed by atoms with Gasteiger partial charge in [-0.15, -0.1) is 0 Å². The number of hydrogen-bond donors (Lipinski definition) is 2. The van der Waals surface area contributed by atoms with E-state index in [9.17, 15) is 5.11 Å². The predicted octanol–water partition coefficient (Wildman–Crippen LogP) is 3.91. The van der Waals surface area contributed by atoms with Gasteiger partial charge in [0.25, 0.3) is 6.01 Å². The molecule has 0 fully saturated rings. The Balaban J connectivity index is 2.04. The van der Waals surface area contributed by atoms with Gasteiger partial charge in [0.2, 0.25) is 0 Å². The van der Waals surface area contributed by atoms with Crippen molar-refractivity contribution in [2.75, 3.05) is 5.32 Å². The van der Waals surface area contributed by atoms with Crippen molar-refractivity contribution in [3.63, 3.8) is 0 Å². The number of nitrogens with one attached hydrogen (secondary N) is 1. The SMILES string of the molecule is N#Cc1cc(O)c2oc(Nc3ccccc3Br)nc2c1. The van der Waals surface area contributed by atoms with Crippen LogP contribution >= 0.6 is 15.9 Å².